The third-order valence-electron chi connectivity index (χ3n) is 6.26. The third kappa shape index (κ3) is 7.15. The van der Waals surface area contributed by atoms with Gasteiger partial charge in [0.25, 0.3) is 0 Å². The topological polar surface area (TPSA) is 48.4 Å². The summed E-state index contributed by atoms with van der Waals surface area (Å²) in [4.78, 5) is 16.8. The van der Waals surface area contributed by atoms with Gasteiger partial charge in [-0.05, 0) is 59.5 Å². The van der Waals surface area contributed by atoms with Crippen molar-refractivity contribution in [1.82, 2.24) is 4.98 Å². The lowest BCUT2D eigenvalue weighted by molar-refractivity contribution is -0.137. The molecule has 0 aliphatic rings. The van der Waals surface area contributed by atoms with E-state index in [0.717, 1.165) is 39.3 Å². The lowest BCUT2D eigenvalue weighted by Gasteiger charge is -2.10. The molecule has 0 atom stereocenters. The maximum Gasteiger partial charge on any atom is 0.416 e. The van der Waals surface area contributed by atoms with Crippen LogP contribution in [0.15, 0.2) is 97.1 Å². The molecule has 0 fully saturated rings. The summed E-state index contributed by atoms with van der Waals surface area (Å²) in [6.45, 7) is 2.03. The van der Waals surface area contributed by atoms with Crippen molar-refractivity contribution in [1.29, 1.82) is 0 Å². The van der Waals surface area contributed by atoms with Crippen LogP contribution in [-0.4, -0.2) is 15.4 Å². The molecule has 0 aliphatic heterocycles. The Bertz CT molecular complexity index is 1650. The summed E-state index contributed by atoms with van der Waals surface area (Å²) >= 11 is 3.12. The molecular formula is C32H23F3INO3S. The monoisotopic (exact) mass is 685 g/mol. The fourth-order valence-corrected chi connectivity index (χ4v) is 5.39. The van der Waals surface area contributed by atoms with Crippen molar-refractivity contribution in [3.05, 3.63) is 113 Å². The van der Waals surface area contributed by atoms with E-state index in [1.54, 1.807) is 34.7 Å². The Kier molecular flexibility index (Phi) is 8.74. The molecule has 1 heterocycles. The lowest BCUT2D eigenvalue weighted by Crippen LogP contribution is -2.05. The number of rotatable bonds is 9. The Hall–Kier alpha value is -3.70. The molecule has 0 N–H and O–H groups in total. The normalized spacial score (nSPS) is 11.3. The number of aromatic nitrogens is 1. The van der Waals surface area contributed by atoms with E-state index in [-0.39, 0.29) is 17.0 Å². The first-order valence-electron chi connectivity index (χ1n) is 12.5. The number of thiazole rings is 1. The Morgan fingerprint density at radius 1 is 0.829 bits per heavy atom. The fourth-order valence-electron chi connectivity index (χ4n) is 4.23. The summed E-state index contributed by atoms with van der Waals surface area (Å²) in [6.07, 6.45) is -4.42. The second-order valence-corrected chi connectivity index (χ2v) is 11.5. The van der Waals surface area contributed by atoms with Gasteiger partial charge in [-0.3, -0.25) is 4.79 Å². The predicted molar refractivity (Wildman–Crippen MR) is 163 cm³/mol. The average Bonchev–Trinajstić information content (AvgIpc) is 3.40. The zero-order valence-electron chi connectivity index (χ0n) is 21.7. The van der Waals surface area contributed by atoms with Gasteiger partial charge in [0.05, 0.1) is 16.1 Å². The molecular weight excluding hydrogens is 662 g/mol. The van der Waals surface area contributed by atoms with Gasteiger partial charge in [-0.15, -0.1) is 11.3 Å². The van der Waals surface area contributed by atoms with Gasteiger partial charge in [-0.2, -0.15) is 13.2 Å². The predicted octanol–water partition coefficient (Wildman–Crippen LogP) is 9.39. The van der Waals surface area contributed by atoms with Crippen LogP contribution in [0.1, 0.15) is 16.1 Å². The highest BCUT2D eigenvalue weighted by Gasteiger charge is 2.30. The zero-order valence-corrected chi connectivity index (χ0v) is 24.7. The molecule has 0 spiro atoms. The molecule has 5 aromatic rings. The Labute approximate surface area is 252 Å². The Morgan fingerprint density at radius 3 is 2.10 bits per heavy atom. The van der Waals surface area contributed by atoms with E-state index in [4.69, 9.17) is 14.5 Å². The maximum absolute atomic E-state index is 13.2. The number of hydrogen-bond donors (Lipinski definition) is 0. The molecule has 0 bridgehead atoms. The van der Waals surface area contributed by atoms with Crippen LogP contribution < -0.4 is 9.47 Å². The van der Waals surface area contributed by atoms with Crippen molar-refractivity contribution >= 4 is 37.7 Å². The number of carbonyl (C=O) groups excluding carboxylic acids is 1. The molecule has 41 heavy (non-hydrogen) atoms. The standard InChI is InChI=1S/C32H23F3INO3S/c1-20-17-26(15-16-27(20)40-18-28(36)38)39-19-29-37-30(23-11-13-25(14-12-23)32(33,34)35)31(41-29)24-9-7-22(8-10-24)21-5-3-2-4-6-21/h2-17H,18-19H2,1H3. The van der Waals surface area contributed by atoms with E-state index < -0.39 is 11.7 Å². The highest BCUT2D eigenvalue weighted by atomic mass is 127. The van der Waals surface area contributed by atoms with Crippen molar-refractivity contribution in [2.24, 2.45) is 0 Å². The number of nitrogens with zero attached hydrogens (tertiary/aromatic N) is 1. The second kappa shape index (κ2) is 12.4. The molecule has 4 aromatic carbocycles. The van der Waals surface area contributed by atoms with Crippen molar-refractivity contribution < 1.29 is 27.4 Å². The van der Waals surface area contributed by atoms with E-state index in [0.29, 0.717) is 27.8 Å². The summed E-state index contributed by atoms with van der Waals surface area (Å²) < 4.78 is 51.0. The fraction of sp³-hybridized carbons (Fsp3) is 0.125. The lowest BCUT2D eigenvalue weighted by atomic mass is 10.0. The zero-order chi connectivity index (χ0) is 29.0. The van der Waals surface area contributed by atoms with Gasteiger partial charge < -0.3 is 9.47 Å². The summed E-state index contributed by atoms with van der Waals surface area (Å²) in [5.41, 5.74) is 4.36. The first-order valence-corrected chi connectivity index (χ1v) is 14.4. The average molecular weight is 686 g/mol. The van der Waals surface area contributed by atoms with Gasteiger partial charge in [0.2, 0.25) is 3.79 Å². The molecule has 5 rings (SSSR count). The third-order valence-corrected chi connectivity index (χ3v) is 7.65. The molecule has 4 nitrogen and oxygen atoms in total. The van der Waals surface area contributed by atoms with Gasteiger partial charge in [0, 0.05) is 28.2 Å². The molecule has 1 aromatic heterocycles. The van der Waals surface area contributed by atoms with Gasteiger partial charge >= 0.3 is 6.18 Å². The molecule has 0 saturated carbocycles. The number of hydrogen-bond acceptors (Lipinski definition) is 5. The highest BCUT2D eigenvalue weighted by Crippen LogP contribution is 2.39. The van der Waals surface area contributed by atoms with Crippen LogP contribution in [0.5, 0.6) is 11.5 Å². The highest BCUT2D eigenvalue weighted by molar-refractivity contribution is 14.1. The van der Waals surface area contributed by atoms with Crippen molar-refractivity contribution in [3.63, 3.8) is 0 Å². The summed E-state index contributed by atoms with van der Waals surface area (Å²) in [5.74, 6) is 1.21. The Balaban J connectivity index is 1.43. The summed E-state index contributed by atoms with van der Waals surface area (Å²) in [7, 11) is 0. The van der Waals surface area contributed by atoms with Gasteiger partial charge in [-0.1, -0.05) is 66.7 Å². The van der Waals surface area contributed by atoms with Crippen molar-refractivity contribution in [2.45, 2.75) is 19.7 Å². The maximum atomic E-state index is 13.2. The van der Waals surface area contributed by atoms with E-state index in [2.05, 4.69) is 0 Å². The molecule has 0 aliphatic carbocycles. The largest absolute Gasteiger partial charge is 0.486 e. The second-order valence-electron chi connectivity index (χ2n) is 9.16. The van der Waals surface area contributed by atoms with Gasteiger partial charge in [-0.25, -0.2) is 4.98 Å². The van der Waals surface area contributed by atoms with Crippen LogP contribution in [0, 0.1) is 6.92 Å². The molecule has 9 heteroatoms. The van der Waals surface area contributed by atoms with Crippen molar-refractivity contribution in [3.8, 4) is 44.3 Å². The number of halogens is 4. The van der Waals surface area contributed by atoms with E-state index in [1.165, 1.54) is 23.5 Å². The first kappa shape index (κ1) is 28.8. The number of aryl methyl sites for hydroxylation is 1. The van der Waals surface area contributed by atoms with E-state index in [1.807, 2.05) is 67.6 Å². The SMILES string of the molecule is Cc1cc(OCc2nc(-c3ccc(C(F)(F)F)cc3)c(-c3ccc(-c4ccccc4)cc3)s2)ccc1OCC(=O)I. The summed E-state index contributed by atoms with van der Waals surface area (Å²) in [5, 5.41) is 0.676. The van der Waals surface area contributed by atoms with Crippen LogP contribution in [0.2, 0.25) is 0 Å². The molecule has 0 radical (unpaired) electrons. The van der Waals surface area contributed by atoms with Crippen LogP contribution in [0.3, 0.4) is 0 Å². The summed E-state index contributed by atoms with van der Waals surface area (Å²) in [6, 6.07) is 28.4. The molecule has 0 saturated heterocycles. The van der Waals surface area contributed by atoms with Crippen LogP contribution in [0.25, 0.3) is 32.8 Å². The molecule has 0 amide bonds. The van der Waals surface area contributed by atoms with Crippen molar-refractivity contribution in [2.75, 3.05) is 6.61 Å². The molecule has 208 valence electrons. The first-order chi connectivity index (χ1) is 19.7. The van der Waals surface area contributed by atoms with Gasteiger partial charge in [0.1, 0.15) is 23.1 Å². The number of alkyl halides is 3. The minimum atomic E-state index is -4.42. The van der Waals surface area contributed by atoms with E-state index in [9.17, 15) is 18.0 Å². The van der Waals surface area contributed by atoms with Crippen LogP contribution >= 0.6 is 33.9 Å². The van der Waals surface area contributed by atoms with Gasteiger partial charge in [0.15, 0.2) is 6.61 Å². The van der Waals surface area contributed by atoms with Crippen LogP contribution in [0.4, 0.5) is 13.2 Å². The quantitative estimate of drug-likeness (QED) is 0.115. The van der Waals surface area contributed by atoms with E-state index >= 15 is 0 Å². The Morgan fingerprint density at radius 2 is 1.46 bits per heavy atom. The smallest absolute Gasteiger partial charge is 0.416 e. The minimum Gasteiger partial charge on any atom is -0.486 e. The minimum absolute atomic E-state index is 0.0114. The van der Waals surface area contributed by atoms with Crippen LogP contribution in [-0.2, 0) is 17.6 Å². The number of carbonyl (C=O) groups is 1. The number of benzene rings is 4. The molecule has 0 unspecified atom stereocenters. The number of ether oxygens (including phenoxy) is 2.